The molecule has 8 heteroatoms. The lowest BCUT2D eigenvalue weighted by Gasteiger charge is -2.11. The van der Waals surface area contributed by atoms with Crippen molar-refractivity contribution in [1.29, 1.82) is 0 Å². The zero-order chi connectivity index (χ0) is 15.6. The van der Waals surface area contributed by atoms with Crippen LogP contribution in [0.2, 0.25) is 0 Å². The Hall–Kier alpha value is -2.51. The van der Waals surface area contributed by atoms with Crippen LogP contribution in [0.4, 0.5) is 17.6 Å². The second kappa shape index (κ2) is 5.47. The van der Waals surface area contributed by atoms with Crippen molar-refractivity contribution in [3.63, 3.8) is 0 Å². The van der Waals surface area contributed by atoms with Gasteiger partial charge in [0.25, 0.3) is 0 Å². The van der Waals surface area contributed by atoms with Crippen LogP contribution in [0.5, 0.6) is 5.75 Å². The van der Waals surface area contributed by atoms with Gasteiger partial charge in [0, 0.05) is 5.56 Å². The Kier molecular flexibility index (Phi) is 3.88. The fraction of sp³-hybridized carbons (Fsp3) is 0.154. The third-order valence-electron chi connectivity index (χ3n) is 2.58. The monoisotopic (exact) mass is 304 g/mol. The molecular formula is C13H8F4O4. The van der Waals surface area contributed by atoms with Crippen molar-refractivity contribution in [3.05, 3.63) is 53.2 Å². The van der Waals surface area contributed by atoms with Crippen LogP contribution in [-0.4, -0.2) is 11.1 Å². The largest absolute Gasteiger partial charge is 0.489 e. The summed E-state index contributed by atoms with van der Waals surface area (Å²) in [4.78, 5) is 10.8. The molecule has 1 heterocycles. The van der Waals surface area contributed by atoms with Crippen molar-refractivity contribution >= 4 is 5.97 Å². The molecule has 0 atom stereocenters. The number of hydrogen-bond donors (Lipinski definition) is 1. The highest BCUT2D eigenvalue weighted by Gasteiger charge is 2.34. The minimum Gasteiger partial charge on any atom is -0.489 e. The molecule has 0 saturated heterocycles. The van der Waals surface area contributed by atoms with E-state index in [1.807, 2.05) is 0 Å². The minimum absolute atomic E-state index is 0.153. The van der Waals surface area contributed by atoms with Crippen LogP contribution in [0.25, 0.3) is 0 Å². The van der Waals surface area contributed by atoms with E-state index in [2.05, 4.69) is 0 Å². The molecule has 0 saturated carbocycles. The SMILES string of the molecule is O=C(O)c1occc1COc1ccc(F)c(C(F)(F)F)c1. The second-order valence-corrected chi connectivity index (χ2v) is 4.01. The maximum absolute atomic E-state index is 13.1. The van der Waals surface area contributed by atoms with Crippen molar-refractivity contribution in [2.45, 2.75) is 12.8 Å². The van der Waals surface area contributed by atoms with Crippen LogP contribution in [0.15, 0.2) is 34.9 Å². The van der Waals surface area contributed by atoms with Crippen LogP contribution in [0, 0.1) is 5.82 Å². The zero-order valence-corrected chi connectivity index (χ0v) is 10.3. The Morgan fingerprint density at radius 3 is 2.62 bits per heavy atom. The van der Waals surface area contributed by atoms with Crippen LogP contribution in [0.3, 0.4) is 0 Å². The minimum atomic E-state index is -4.84. The third-order valence-corrected chi connectivity index (χ3v) is 2.58. The number of carbonyl (C=O) groups is 1. The highest BCUT2D eigenvalue weighted by atomic mass is 19.4. The van der Waals surface area contributed by atoms with Crippen LogP contribution in [-0.2, 0) is 12.8 Å². The number of furan rings is 1. The maximum Gasteiger partial charge on any atom is 0.419 e. The Balaban J connectivity index is 2.17. The van der Waals surface area contributed by atoms with E-state index in [9.17, 15) is 22.4 Å². The molecule has 0 aliphatic heterocycles. The van der Waals surface area contributed by atoms with Crippen molar-refractivity contribution in [3.8, 4) is 5.75 Å². The van der Waals surface area contributed by atoms with Crippen LogP contribution in [0.1, 0.15) is 21.7 Å². The predicted octanol–water partition coefficient (Wildman–Crippen LogP) is 3.71. The molecule has 2 aromatic rings. The molecule has 2 rings (SSSR count). The summed E-state index contributed by atoms with van der Waals surface area (Å²) in [6, 6.07) is 3.48. The first-order chi connectivity index (χ1) is 9.79. The maximum atomic E-state index is 13.1. The van der Waals surface area contributed by atoms with E-state index in [0.29, 0.717) is 12.1 Å². The number of alkyl halides is 3. The van der Waals surface area contributed by atoms with Gasteiger partial charge in [-0.25, -0.2) is 9.18 Å². The topological polar surface area (TPSA) is 59.7 Å². The molecule has 0 spiro atoms. The van der Waals surface area contributed by atoms with Crippen molar-refractivity contribution < 1.29 is 36.6 Å². The quantitative estimate of drug-likeness (QED) is 0.875. The first-order valence-electron chi connectivity index (χ1n) is 5.58. The van der Waals surface area contributed by atoms with Gasteiger partial charge in [0.2, 0.25) is 5.76 Å². The normalized spacial score (nSPS) is 11.4. The van der Waals surface area contributed by atoms with Crippen LogP contribution < -0.4 is 4.74 Å². The number of halogens is 4. The van der Waals surface area contributed by atoms with Gasteiger partial charge < -0.3 is 14.3 Å². The fourth-order valence-electron chi connectivity index (χ4n) is 1.61. The van der Waals surface area contributed by atoms with Gasteiger partial charge in [-0.2, -0.15) is 13.2 Å². The fourth-order valence-corrected chi connectivity index (χ4v) is 1.61. The number of hydrogen-bond acceptors (Lipinski definition) is 3. The molecular weight excluding hydrogens is 296 g/mol. The van der Waals surface area contributed by atoms with E-state index < -0.39 is 23.5 Å². The molecule has 1 aromatic heterocycles. The summed E-state index contributed by atoms with van der Waals surface area (Å²) in [6.07, 6.45) is -3.72. The molecule has 1 aromatic carbocycles. The molecule has 0 amide bonds. The van der Waals surface area contributed by atoms with Gasteiger partial charge in [-0.3, -0.25) is 0 Å². The van der Waals surface area contributed by atoms with Crippen molar-refractivity contribution in [2.75, 3.05) is 0 Å². The van der Waals surface area contributed by atoms with E-state index >= 15 is 0 Å². The Morgan fingerprint density at radius 1 is 1.29 bits per heavy atom. The molecule has 0 bridgehead atoms. The van der Waals surface area contributed by atoms with Gasteiger partial charge in [0.15, 0.2) is 0 Å². The van der Waals surface area contributed by atoms with E-state index in [1.54, 1.807) is 0 Å². The zero-order valence-electron chi connectivity index (χ0n) is 10.3. The van der Waals surface area contributed by atoms with Gasteiger partial charge in [-0.1, -0.05) is 0 Å². The molecule has 21 heavy (non-hydrogen) atoms. The molecule has 4 nitrogen and oxygen atoms in total. The Morgan fingerprint density at radius 2 is 2.00 bits per heavy atom. The summed E-state index contributed by atoms with van der Waals surface area (Å²) in [5.41, 5.74) is -1.30. The number of aromatic carboxylic acids is 1. The summed E-state index contributed by atoms with van der Waals surface area (Å²) in [6.45, 7) is -0.318. The number of ether oxygens (including phenoxy) is 1. The third kappa shape index (κ3) is 3.33. The summed E-state index contributed by atoms with van der Waals surface area (Å²) in [5.74, 6) is -3.34. The van der Waals surface area contributed by atoms with Gasteiger partial charge in [0.1, 0.15) is 18.2 Å². The van der Waals surface area contributed by atoms with Crippen molar-refractivity contribution in [1.82, 2.24) is 0 Å². The number of carboxylic acid groups (broad SMARTS) is 1. The lowest BCUT2D eigenvalue weighted by Crippen LogP contribution is -2.09. The lowest BCUT2D eigenvalue weighted by atomic mass is 10.2. The summed E-state index contributed by atoms with van der Waals surface area (Å²) in [5, 5.41) is 8.79. The lowest BCUT2D eigenvalue weighted by molar-refractivity contribution is -0.140. The summed E-state index contributed by atoms with van der Waals surface area (Å²) >= 11 is 0. The predicted molar refractivity (Wildman–Crippen MR) is 61.4 cm³/mol. The molecule has 0 aliphatic carbocycles. The highest BCUT2D eigenvalue weighted by Crippen LogP contribution is 2.33. The van der Waals surface area contributed by atoms with E-state index in [1.165, 1.54) is 6.07 Å². The number of carboxylic acids is 1. The summed E-state index contributed by atoms with van der Waals surface area (Å²) < 4.78 is 60.4. The number of benzene rings is 1. The first-order valence-corrected chi connectivity index (χ1v) is 5.58. The smallest absolute Gasteiger partial charge is 0.419 e. The molecule has 1 N–H and O–H groups in total. The Bertz CT molecular complexity index is 660. The van der Waals surface area contributed by atoms with Gasteiger partial charge in [-0.15, -0.1) is 0 Å². The molecule has 0 unspecified atom stereocenters. The van der Waals surface area contributed by atoms with Crippen LogP contribution >= 0.6 is 0 Å². The first kappa shape index (κ1) is 14.9. The van der Waals surface area contributed by atoms with Gasteiger partial charge >= 0.3 is 12.1 Å². The standard InChI is InChI=1S/C13H8F4O4/c14-10-2-1-8(5-9(10)13(15,16)17)21-6-7-3-4-20-11(7)12(18)19/h1-5H,6H2,(H,18,19). The number of rotatable bonds is 4. The van der Waals surface area contributed by atoms with Gasteiger partial charge in [0.05, 0.1) is 11.8 Å². The molecule has 0 aliphatic rings. The van der Waals surface area contributed by atoms with E-state index in [0.717, 1.165) is 12.3 Å². The summed E-state index contributed by atoms with van der Waals surface area (Å²) in [7, 11) is 0. The average Bonchev–Trinajstić information content (AvgIpc) is 2.85. The van der Waals surface area contributed by atoms with Gasteiger partial charge in [-0.05, 0) is 24.3 Å². The average molecular weight is 304 g/mol. The molecule has 0 fully saturated rings. The van der Waals surface area contributed by atoms with Crippen molar-refractivity contribution in [2.24, 2.45) is 0 Å². The second-order valence-electron chi connectivity index (χ2n) is 4.01. The van der Waals surface area contributed by atoms with E-state index in [-0.39, 0.29) is 23.7 Å². The molecule has 0 radical (unpaired) electrons. The highest BCUT2D eigenvalue weighted by molar-refractivity contribution is 5.86. The Labute approximate surface area is 115 Å². The molecule has 112 valence electrons. The van der Waals surface area contributed by atoms with E-state index in [4.69, 9.17) is 14.3 Å².